The highest BCUT2D eigenvalue weighted by molar-refractivity contribution is 5.78. The van der Waals surface area contributed by atoms with Crippen LogP contribution in [0.1, 0.15) is 44.2 Å². The molecule has 0 heterocycles. The Kier molecular flexibility index (Phi) is 6.03. The minimum atomic E-state index is -0.0556. The van der Waals surface area contributed by atoms with Crippen LogP contribution in [0.3, 0.4) is 0 Å². The van der Waals surface area contributed by atoms with Crippen LogP contribution in [0.2, 0.25) is 0 Å². The van der Waals surface area contributed by atoms with Crippen LogP contribution in [-0.4, -0.2) is 24.4 Å². The fraction of sp³-hybridized carbons (Fsp3) is 0.562. The molecule has 3 nitrogen and oxygen atoms in total. The first-order valence-corrected chi connectivity index (χ1v) is 7.03. The highest BCUT2D eigenvalue weighted by atomic mass is 16.2. The molecular formula is C16H26N2O. The number of nitrogens with zero attached hydrogens (tertiary/aromatic N) is 1. The van der Waals surface area contributed by atoms with Crippen molar-refractivity contribution in [3.05, 3.63) is 35.4 Å². The van der Waals surface area contributed by atoms with Crippen LogP contribution in [0.5, 0.6) is 0 Å². The molecule has 0 radical (unpaired) electrons. The van der Waals surface area contributed by atoms with Gasteiger partial charge in [0.15, 0.2) is 0 Å². The van der Waals surface area contributed by atoms with E-state index >= 15 is 0 Å². The molecule has 19 heavy (non-hydrogen) atoms. The van der Waals surface area contributed by atoms with Gasteiger partial charge in [-0.05, 0) is 23.5 Å². The van der Waals surface area contributed by atoms with Gasteiger partial charge in [-0.25, -0.2) is 0 Å². The van der Waals surface area contributed by atoms with E-state index in [1.807, 2.05) is 14.0 Å². The van der Waals surface area contributed by atoms with E-state index in [1.54, 1.807) is 4.90 Å². The van der Waals surface area contributed by atoms with Crippen molar-refractivity contribution in [3.63, 3.8) is 0 Å². The third-order valence-electron chi connectivity index (χ3n) is 3.57. The number of nitrogens with two attached hydrogens (primary N) is 1. The van der Waals surface area contributed by atoms with Crippen molar-refractivity contribution in [1.82, 2.24) is 4.90 Å². The second-order valence-electron chi connectivity index (χ2n) is 5.43. The van der Waals surface area contributed by atoms with Gasteiger partial charge in [-0.2, -0.15) is 0 Å². The Morgan fingerprint density at radius 2 is 1.84 bits per heavy atom. The van der Waals surface area contributed by atoms with Gasteiger partial charge in [0.05, 0.1) is 5.92 Å². The summed E-state index contributed by atoms with van der Waals surface area (Å²) in [6.07, 6.45) is 0.798. The molecule has 2 N–H and O–H groups in total. The number of hydrogen-bond acceptors (Lipinski definition) is 2. The smallest absolute Gasteiger partial charge is 0.226 e. The summed E-state index contributed by atoms with van der Waals surface area (Å²) in [5.41, 5.74) is 8.11. The summed E-state index contributed by atoms with van der Waals surface area (Å²) >= 11 is 0. The molecule has 0 aliphatic heterocycles. The molecule has 0 fully saturated rings. The van der Waals surface area contributed by atoms with Gasteiger partial charge < -0.3 is 10.6 Å². The zero-order valence-corrected chi connectivity index (χ0v) is 12.5. The monoisotopic (exact) mass is 262 g/mol. The average Bonchev–Trinajstić information content (AvgIpc) is 2.40. The molecular weight excluding hydrogens is 236 g/mol. The molecule has 1 amide bonds. The van der Waals surface area contributed by atoms with Gasteiger partial charge in [-0.3, -0.25) is 4.79 Å². The van der Waals surface area contributed by atoms with E-state index in [2.05, 4.69) is 38.1 Å². The maximum absolute atomic E-state index is 12.1. The molecule has 1 aromatic rings. The molecule has 1 rings (SSSR count). The minimum Gasteiger partial charge on any atom is -0.341 e. The molecule has 0 aliphatic carbocycles. The van der Waals surface area contributed by atoms with Crippen molar-refractivity contribution < 1.29 is 4.79 Å². The summed E-state index contributed by atoms with van der Waals surface area (Å²) in [5, 5.41) is 0. The number of hydrogen-bond donors (Lipinski definition) is 1. The van der Waals surface area contributed by atoms with Crippen molar-refractivity contribution in [3.8, 4) is 0 Å². The Balaban J connectivity index is 2.66. The molecule has 0 aliphatic rings. The standard InChI is InChI=1S/C16H26N2O/c1-5-14(10-17)16(19)18(4)11-13-6-8-15(9-7-13)12(2)3/h6-9,12,14H,5,10-11,17H2,1-4H3. The minimum absolute atomic E-state index is 0.0556. The van der Waals surface area contributed by atoms with Crippen molar-refractivity contribution in [2.75, 3.05) is 13.6 Å². The molecule has 3 heteroatoms. The van der Waals surface area contributed by atoms with Gasteiger partial charge in [0.25, 0.3) is 0 Å². The van der Waals surface area contributed by atoms with E-state index in [0.29, 0.717) is 19.0 Å². The zero-order valence-electron chi connectivity index (χ0n) is 12.5. The van der Waals surface area contributed by atoms with Gasteiger partial charge in [0, 0.05) is 20.1 Å². The van der Waals surface area contributed by atoms with E-state index in [-0.39, 0.29) is 11.8 Å². The Hall–Kier alpha value is -1.35. The lowest BCUT2D eigenvalue weighted by atomic mass is 10.0. The van der Waals surface area contributed by atoms with Crippen LogP contribution in [0.15, 0.2) is 24.3 Å². The molecule has 0 aromatic heterocycles. The quantitative estimate of drug-likeness (QED) is 0.857. The Labute approximate surface area is 116 Å². The lowest BCUT2D eigenvalue weighted by Gasteiger charge is -2.22. The largest absolute Gasteiger partial charge is 0.341 e. The first kappa shape index (κ1) is 15.7. The first-order valence-electron chi connectivity index (χ1n) is 7.03. The van der Waals surface area contributed by atoms with Crippen molar-refractivity contribution in [2.45, 2.75) is 39.7 Å². The van der Waals surface area contributed by atoms with E-state index < -0.39 is 0 Å². The molecule has 0 saturated heterocycles. The van der Waals surface area contributed by atoms with Crippen LogP contribution in [0.25, 0.3) is 0 Å². The Bertz CT molecular complexity index is 394. The summed E-state index contributed by atoms with van der Waals surface area (Å²) < 4.78 is 0. The first-order chi connectivity index (χ1) is 8.99. The van der Waals surface area contributed by atoms with Crippen LogP contribution < -0.4 is 5.73 Å². The number of benzene rings is 1. The number of rotatable bonds is 6. The second-order valence-corrected chi connectivity index (χ2v) is 5.43. The zero-order chi connectivity index (χ0) is 14.4. The molecule has 1 unspecified atom stereocenters. The summed E-state index contributed by atoms with van der Waals surface area (Å²) in [7, 11) is 1.84. The van der Waals surface area contributed by atoms with E-state index in [9.17, 15) is 4.79 Å². The van der Waals surface area contributed by atoms with Gasteiger partial charge >= 0.3 is 0 Å². The molecule has 0 spiro atoms. The SMILES string of the molecule is CCC(CN)C(=O)N(C)Cc1ccc(C(C)C)cc1. The highest BCUT2D eigenvalue weighted by Crippen LogP contribution is 2.16. The van der Waals surface area contributed by atoms with Crippen LogP contribution >= 0.6 is 0 Å². The van der Waals surface area contributed by atoms with Gasteiger partial charge in [-0.15, -0.1) is 0 Å². The molecule has 106 valence electrons. The summed E-state index contributed by atoms with van der Waals surface area (Å²) in [5.74, 6) is 0.619. The van der Waals surface area contributed by atoms with E-state index in [1.165, 1.54) is 5.56 Å². The number of carbonyl (C=O) groups is 1. The van der Waals surface area contributed by atoms with Crippen molar-refractivity contribution in [2.24, 2.45) is 11.7 Å². The highest BCUT2D eigenvalue weighted by Gasteiger charge is 2.18. The van der Waals surface area contributed by atoms with Crippen LogP contribution in [-0.2, 0) is 11.3 Å². The molecule has 1 atom stereocenters. The second kappa shape index (κ2) is 7.29. The molecule has 1 aromatic carbocycles. The van der Waals surface area contributed by atoms with E-state index in [0.717, 1.165) is 12.0 Å². The predicted molar refractivity (Wildman–Crippen MR) is 79.8 cm³/mol. The van der Waals surface area contributed by atoms with Gasteiger partial charge in [0.1, 0.15) is 0 Å². The van der Waals surface area contributed by atoms with Gasteiger partial charge in [-0.1, -0.05) is 45.0 Å². The normalized spacial score (nSPS) is 12.5. The summed E-state index contributed by atoms with van der Waals surface area (Å²) in [6.45, 7) is 7.43. The molecule has 0 saturated carbocycles. The summed E-state index contributed by atoms with van der Waals surface area (Å²) in [6, 6.07) is 8.47. The van der Waals surface area contributed by atoms with Crippen LogP contribution in [0, 0.1) is 5.92 Å². The van der Waals surface area contributed by atoms with Crippen molar-refractivity contribution in [1.29, 1.82) is 0 Å². The lowest BCUT2D eigenvalue weighted by Crippen LogP contribution is -2.35. The topological polar surface area (TPSA) is 46.3 Å². The lowest BCUT2D eigenvalue weighted by molar-refractivity contribution is -0.134. The third kappa shape index (κ3) is 4.35. The Morgan fingerprint density at radius 3 is 2.26 bits per heavy atom. The molecule has 0 bridgehead atoms. The third-order valence-corrected chi connectivity index (χ3v) is 3.57. The maximum atomic E-state index is 12.1. The Morgan fingerprint density at radius 1 is 1.26 bits per heavy atom. The van der Waals surface area contributed by atoms with Crippen molar-refractivity contribution >= 4 is 5.91 Å². The number of amides is 1. The maximum Gasteiger partial charge on any atom is 0.226 e. The predicted octanol–water partition coefficient (Wildman–Crippen LogP) is 2.75. The van der Waals surface area contributed by atoms with Crippen LogP contribution in [0.4, 0.5) is 0 Å². The fourth-order valence-electron chi connectivity index (χ4n) is 2.11. The van der Waals surface area contributed by atoms with Gasteiger partial charge in [0.2, 0.25) is 5.91 Å². The number of carbonyl (C=O) groups excluding carboxylic acids is 1. The average molecular weight is 262 g/mol. The fourth-order valence-corrected chi connectivity index (χ4v) is 2.11. The summed E-state index contributed by atoms with van der Waals surface area (Å²) in [4.78, 5) is 13.9. The van der Waals surface area contributed by atoms with E-state index in [4.69, 9.17) is 5.73 Å².